The van der Waals surface area contributed by atoms with Gasteiger partial charge in [-0.15, -0.1) is 0 Å². The maximum atomic E-state index is 12.9. The summed E-state index contributed by atoms with van der Waals surface area (Å²) in [5.74, 6) is -1.80. The third-order valence-electron chi connectivity index (χ3n) is 5.63. The van der Waals surface area contributed by atoms with Gasteiger partial charge in [0.2, 0.25) is 5.91 Å². The lowest BCUT2D eigenvalue weighted by atomic mass is 9.77. The summed E-state index contributed by atoms with van der Waals surface area (Å²) >= 11 is 0. The largest absolute Gasteiger partial charge is 0.481 e. The molecule has 1 aromatic rings. The van der Waals surface area contributed by atoms with Crippen LogP contribution in [0.5, 0.6) is 0 Å². The molecule has 1 unspecified atom stereocenters. The van der Waals surface area contributed by atoms with Gasteiger partial charge in [0.05, 0.1) is 11.5 Å². The molecule has 25 heavy (non-hydrogen) atoms. The zero-order valence-corrected chi connectivity index (χ0v) is 14.3. The van der Waals surface area contributed by atoms with Crippen LogP contribution in [-0.2, 0) is 9.59 Å². The standard InChI is InChI=1S/C19H23FN2O3/c1-21-17(23)13-16(18(24)25)19(21)8-11-22(12-9-19)10-2-3-14-4-6-15(20)7-5-14/h2-7,16H,8-13H2,1H3,(H,24,25)/b3-2+. The molecular formula is C19H23FN2O3. The monoisotopic (exact) mass is 346 g/mol. The average molecular weight is 346 g/mol. The van der Waals surface area contributed by atoms with Gasteiger partial charge in [-0.05, 0) is 30.5 Å². The number of carbonyl (C=O) groups is 2. The molecule has 0 aromatic heterocycles. The van der Waals surface area contributed by atoms with Crippen LogP contribution in [0.2, 0.25) is 0 Å². The van der Waals surface area contributed by atoms with E-state index in [0.717, 1.165) is 25.2 Å². The molecule has 0 radical (unpaired) electrons. The van der Waals surface area contributed by atoms with Crippen LogP contribution in [0, 0.1) is 11.7 Å². The second kappa shape index (κ2) is 6.96. The molecule has 1 N–H and O–H groups in total. The highest BCUT2D eigenvalue weighted by Gasteiger charge is 2.55. The van der Waals surface area contributed by atoms with E-state index in [1.54, 1.807) is 24.1 Å². The van der Waals surface area contributed by atoms with Crippen LogP contribution in [0.3, 0.4) is 0 Å². The van der Waals surface area contributed by atoms with E-state index in [-0.39, 0.29) is 18.1 Å². The minimum absolute atomic E-state index is 0.0722. The maximum absolute atomic E-state index is 12.9. The van der Waals surface area contributed by atoms with Crippen molar-refractivity contribution in [3.05, 3.63) is 41.7 Å². The lowest BCUT2D eigenvalue weighted by molar-refractivity contribution is -0.146. The smallest absolute Gasteiger partial charge is 0.309 e. The molecule has 0 bridgehead atoms. The summed E-state index contributed by atoms with van der Waals surface area (Å²) in [7, 11) is 1.73. The molecule has 1 amide bonds. The van der Waals surface area contributed by atoms with E-state index in [1.165, 1.54) is 12.1 Å². The first-order valence-corrected chi connectivity index (χ1v) is 8.56. The summed E-state index contributed by atoms with van der Waals surface area (Å²) in [6, 6.07) is 6.33. The Kier molecular flexibility index (Phi) is 4.90. The van der Waals surface area contributed by atoms with Gasteiger partial charge < -0.3 is 10.0 Å². The Labute approximate surface area is 146 Å². The molecule has 1 spiro atoms. The van der Waals surface area contributed by atoms with Crippen molar-refractivity contribution in [2.75, 3.05) is 26.7 Å². The number of halogens is 1. The second-order valence-corrected chi connectivity index (χ2v) is 6.91. The van der Waals surface area contributed by atoms with Crippen molar-refractivity contribution in [1.29, 1.82) is 0 Å². The van der Waals surface area contributed by atoms with Crippen molar-refractivity contribution in [2.24, 2.45) is 5.92 Å². The van der Waals surface area contributed by atoms with Crippen molar-refractivity contribution >= 4 is 18.0 Å². The summed E-state index contributed by atoms with van der Waals surface area (Å²) in [6.45, 7) is 2.27. The Morgan fingerprint density at radius 2 is 1.96 bits per heavy atom. The SMILES string of the molecule is CN1C(=O)CC(C(=O)O)C12CCN(C/C=C/c1ccc(F)cc1)CC2. The van der Waals surface area contributed by atoms with Crippen molar-refractivity contribution in [3.8, 4) is 0 Å². The number of hydrogen-bond acceptors (Lipinski definition) is 3. The summed E-state index contributed by atoms with van der Waals surface area (Å²) in [6.07, 6.45) is 5.45. The first-order valence-electron chi connectivity index (χ1n) is 8.56. The highest BCUT2D eigenvalue weighted by atomic mass is 19.1. The van der Waals surface area contributed by atoms with E-state index in [1.807, 2.05) is 12.2 Å². The third-order valence-corrected chi connectivity index (χ3v) is 5.63. The predicted octanol–water partition coefficient (Wildman–Crippen LogP) is 2.24. The molecule has 2 aliphatic rings. The fourth-order valence-electron chi connectivity index (χ4n) is 4.02. The Hall–Kier alpha value is -2.21. The number of carboxylic acids is 1. The molecule has 1 atom stereocenters. The summed E-state index contributed by atoms with van der Waals surface area (Å²) < 4.78 is 12.9. The van der Waals surface area contributed by atoms with Gasteiger partial charge in [-0.1, -0.05) is 24.3 Å². The van der Waals surface area contributed by atoms with E-state index in [4.69, 9.17) is 0 Å². The number of amides is 1. The van der Waals surface area contributed by atoms with E-state index in [9.17, 15) is 19.1 Å². The molecule has 3 rings (SSSR count). The molecule has 2 heterocycles. The number of rotatable bonds is 4. The van der Waals surface area contributed by atoms with Crippen molar-refractivity contribution < 1.29 is 19.1 Å². The van der Waals surface area contributed by atoms with Gasteiger partial charge in [0, 0.05) is 33.1 Å². The van der Waals surface area contributed by atoms with Crippen LogP contribution >= 0.6 is 0 Å². The molecule has 5 nitrogen and oxygen atoms in total. The first-order chi connectivity index (χ1) is 11.9. The number of piperidine rings is 1. The predicted molar refractivity (Wildman–Crippen MR) is 92.4 cm³/mol. The van der Waals surface area contributed by atoms with Crippen molar-refractivity contribution in [1.82, 2.24) is 9.80 Å². The number of carbonyl (C=O) groups excluding carboxylic acids is 1. The molecule has 2 fully saturated rings. The molecule has 2 saturated heterocycles. The van der Waals surface area contributed by atoms with Gasteiger partial charge >= 0.3 is 5.97 Å². The Bertz CT molecular complexity index is 678. The summed E-state index contributed by atoms with van der Waals surface area (Å²) in [4.78, 5) is 27.5. The average Bonchev–Trinajstić information content (AvgIpc) is 2.84. The van der Waals surface area contributed by atoms with Gasteiger partial charge in [0.25, 0.3) is 0 Å². The quantitative estimate of drug-likeness (QED) is 0.908. The number of nitrogens with zero attached hydrogens (tertiary/aromatic N) is 2. The van der Waals surface area contributed by atoms with Crippen LogP contribution in [0.25, 0.3) is 6.08 Å². The molecule has 6 heteroatoms. The lowest BCUT2D eigenvalue weighted by Gasteiger charge is -2.45. The van der Waals surface area contributed by atoms with Gasteiger partial charge in [-0.3, -0.25) is 14.5 Å². The van der Waals surface area contributed by atoms with Crippen molar-refractivity contribution in [3.63, 3.8) is 0 Å². The second-order valence-electron chi connectivity index (χ2n) is 6.91. The van der Waals surface area contributed by atoms with Gasteiger partial charge in [0.1, 0.15) is 5.82 Å². The van der Waals surface area contributed by atoms with E-state index in [0.29, 0.717) is 12.8 Å². The van der Waals surface area contributed by atoms with Crippen LogP contribution < -0.4 is 0 Å². The van der Waals surface area contributed by atoms with Crippen LogP contribution in [0.4, 0.5) is 4.39 Å². The summed E-state index contributed by atoms with van der Waals surface area (Å²) in [5, 5.41) is 9.49. The van der Waals surface area contributed by atoms with E-state index in [2.05, 4.69) is 4.90 Å². The Morgan fingerprint density at radius 3 is 2.56 bits per heavy atom. The minimum Gasteiger partial charge on any atom is -0.481 e. The van der Waals surface area contributed by atoms with Gasteiger partial charge in [-0.25, -0.2) is 4.39 Å². The number of benzene rings is 1. The lowest BCUT2D eigenvalue weighted by Crippen LogP contribution is -2.56. The molecule has 134 valence electrons. The third kappa shape index (κ3) is 3.44. The zero-order valence-electron chi connectivity index (χ0n) is 14.3. The Morgan fingerprint density at radius 1 is 1.32 bits per heavy atom. The van der Waals surface area contributed by atoms with Gasteiger partial charge in [-0.2, -0.15) is 0 Å². The maximum Gasteiger partial charge on any atom is 0.309 e. The number of carboxylic acid groups (broad SMARTS) is 1. The molecule has 0 saturated carbocycles. The first kappa shape index (κ1) is 17.6. The molecule has 1 aromatic carbocycles. The number of aliphatic carboxylic acids is 1. The van der Waals surface area contributed by atoms with E-state index >= 15 is 0 Å². The van der Waals surface area contributed by atoms with Crippen LogP contribution in [0.1, 0.15) is 24.8 Å². The highest BCUT2D eigenvalue weighted by molar-refractivity contribution is 5.88. The van der Waals surface area contributed by atoms with Crippen LogP contribution in [0.15, 0.2) is 30.3 Å². The molecule has 2 aliphatic heterocycles. The topological polar surface area (TPSA) is 60.9 Å². The molecular weight excluding hydrogens is 323 g/mol. The number of likely N-dealkylation sites (tertiary alicyclic amines) is 2. The summed E-state index contributed by atoms with van der Waals surface area (Å²) in [5.41, 5.74) is 0.405. The Balaban J connectivity index is 1.59. The fourth-order valence-corrected chi connectivity index (χ4v) is 4.02. The van der Waals surface area contributed by atoms with E-state index < -0.39 is 17.4 Å². The number of hydrogen-bond donors (Lipinski definition) is 1. The highest BCUT2D eigenvalue weighted by Crippen LogP contribution is 2.42. The van der Waals surface area contributed by atoms with Gasteiger partial charge in [0.15, 0.2) is 0 Å². The van der Waals surface area contributed by atoms with Crippen LogP contribution in [-0.4, -0.2) is 59.0 Å². The molecule has 0 aliphatic carbocycles. The fraction of sp³-hybridized carbons (Fsp3) is 0.474. The van der Waals surface area contributed by atoms with Crippen molar-refractivity contribution in [2.45, 2.75) is 24.8 Å². The zero-order chi connectivity index (χ0) is 18.0. The minimum atomic E-state index is -0.873. The normalized spacial score (nSPS) is 23.7.